The first-order valence-electron chi connectivity index (χ1n) is 10.8. The standard InChI is InChI=1S/C24H23Cl2N5O/c25-16-7-9-18(10-8-16)27-23-22-20(5-2-6-21(22)32)28-24(29-23)31-13-11-30(12-14-31)19-4-1-3-17(26)15-19/h1,3-4,7-10,15H,2,5-6,11-14H2,(H,27,28,29). The molecule has 3 aromatic rings. The number of halogens is 2. The van der Waals surface area contributed by atoms with E-state index in [0.717, 1.165) is 61.1 Å². The van der Waals surface area contributed by atoms with Crippen molar-refractivity contribution in [3.05, 3.63) is 69.8 Å². The van der Waals surface area contributed by atoms with Gasteiger partial charge in [0.1, 0.15) is 5.82 Å². The lowest BCUT2D eigenvalue weighted by Gasteiger charge is -2.36. The summed E-state index contributed by atoms with van der Waals surface area (Å²) < 4.78 is 0. The minimum atomic E-state index is 0.0973. The highest BCUT2D eigenvalue weighted by atomic mass is 35.5. The molecule has 0 spiro atoms. The Kier molecular flexibility index (Phi) is 5.89. The van der Waals surface area contributed by atoms with E-state index in [1.807, 2.05) is 42.5 Å². The van der Waals surface area contributed by atoms with E-state index in [2.05, 4.69) is 21.2 Å². The van der Waals surface area contributed by atoms with E-state index < -0.39 is 0 Å². The van der Waals surface area contributed by atoms with Gasteiger partial charge in [-0.1, -0.05) is 29.3 Å². The van der Waals surface area contributed by atoms with Crippen molar-refractivity contribution < 1.29 is 4.79 Å². The summed E-state index contributed by atoms with van der Waals surface area (Å²) >= 11 is 12.2. The number of piperazine rings is 1. The molecular formula is C24H23Cl2N5O. The fraction of sp³-hybridized carbons (Fsp3) is 0.292. The number of hydrogen-bond acceptors (Lipinski definition) is 6. The molecule has 0 unspecified atom stereocenters. The van der Waals surface area contributed by atoms with Gasteiger partial charge in [-0.25, -0.2) is 4.98 Å². The SMILES string of the molecule is O=C1CCCc2nc(N3CCN(c4cccc(Cl)c4)CC3)nc(Nc3ccc(Cl)cc3)c21. The number of ketones is 1. The van der Waals surface area contributed by atoms with Gasteiger partial charge in [0.2, 0.25) is 5.95 Å². The van der Waals surface area contributed by atoms with E-state index in [0.29, 0.717) is 28.8 Å². The van der Waals surface area contributed by atoms with Crippen molar-refractivity contribution in [2.75, 3.05) is 41.3 Å². The minimum absolute atomic E-state index is 0.0973. The van der Waals surface area contributed by atoms with Gasteiger partial charge in [-0.2, -0.15) is 4.98 Å². The predicted octanol–water partition coefficient (Wildman–Crippen LogP) is 5.37. The van der Waals surface area contributed by atoms with Crippen LogP contribution < -0.4 is 15.1 Å². The van der Waals surface area contributed by atoms with E-state index in [4.69, 9.17) is 33.2 Å². The highest BCUT2D eigenvalue weighted by molar-refractivity contribution is 6.31. The first-order valence-corrected chi connectivity index (χ1v) is 11.5. The van der Waals surface area contributed by atoms with Crippen LogP contribution in [0.2, 0.25) is 10.0 Å². The largest absolute Gasteiger partial charge is 0.368 e. The molecule has 0 atom stereocenters. The van der Waals surface area contributed by atoms with Crippen molar-refractivity contribution in [2.45, 2.75) is 19.3 Å². The molecule has 164 valence electrons. The molecule has 1 aliphatic heterocycles. The van der Waals surface area contributed by atoms with Crippen molar-refractivity contribution in [2.24, 2.45) is 0 Å². The molecule has 0 bridgehead atoms. The Morgan fingerprint density at radius 3 is 2.34 bits per heavy atom. The maximum atomic E-state index is 12.7. The van der Waals surface area contributed by atoms with Crippen LogP contribution in [-0.2, 0) is 6.42 Å². The smallest absolute Gasteiger partial charge is 0.227 e. The summed E-state index contributed by atoms with van der Waals surface area (Å²) in [5, 5.41) is 4.73. The van der Waals surface area contributed by atoms with Gasteiger partial charge in [0.15, 0.2) is 5.78 Å². The Morgan fingerprint density at radius 1 is 0.844 bits per heavy atom. The molecule has 2 heterocycles. The number of anilines is 4. The van der Waals surface area contributed by atoms with Crippen LogP contribution in [0.5, 0.6) is 0 Å². The number of carbonyl (C=O) groups excluding carboxylic acids is 1. The third-order valence-corrected chi connectivity index (χ3v) is 6.40. The molecular weight excluding hydrogens is 445 g/mol. The van der Waals surface area contributed by atoms with Gasteiger partial charge < -0.3 is 15.1 Å². The first-order chi connectivity index (χ1) is 15.6. The molecule has 8 heteroatoms. The average molecular weight is 468 g/mol. The molecule has 2 aromatic carbocycles. The summed E-state index contributed by atoms with van der Waals surface area (Å²) in [5.41, 5.74) is 3.41. The molecule has 2 aliphatic rings. The Labute approximate surface area is 197 Å². The molecule has 1 fully saturated rings. The summed E-state index contributed by atoms with van der Waals surface area (Å²) in [4.78, 5) is 26.8. The normalized spacial score (nSPS) is 16.1. The van der Waals surface area contributed by atoms with Crippen molar-refractivity contribution in [3.8, 4) is 0 Å². The minimum Gasteiger partial charge on any atom is -0.368 e. The number of benzene rings is 2. The number of Topliss-reactive ketones (excluding diaryl/α,β-unsaturated/α-hetero) is 1. The van der Waals surface area contributed by atoms with Crippen LogP contribution in [0, 0.1) is 0 Å². The van der Waals surface area contributed by atoms with E-state index >= 15 is 0 Å². The van der Waals surface area contributed by atoms with Gasteiger partial charge >= 0.3 is 0 Å². The summed E-state index contributed by atoms with van der Waals surface area (Å²) in [6.07, 6.45) is 2.14. The van der Waals surface area contributed by atoms with Gasteiger partial charge in [-0.15, -0.1) is 0 Å². The molecule has 1 saturated heterocycles. The Morgan fingerprint density at radius 2 is 1.59 bits per heavy atom. The topological polar surface area (TPSA) is 61.4 Å². The zero-order valence-corrected chi connectivity index (χ0v) is 19.0. The van der Waals surface area contributed by atoms with Crippen molar-refractivity contribution >= 4 is 52.1 Å². The number of rotatable bonds is 4. The quantitative estimate of drug-likeness (QED) is 0.556. The van der Waals surface area contributed by atoms with Crippen LogP contribution in [-0.4, -0.2) is 41.9 Å². The second-order valence-corrected chi connectivity index (χ2v) is 8.93. The summed E-state index contributed by atoms with van der Waals surface area (Å²) in [6, 6.07) is 15.3. The molecule has 1 aliphatic carbocycles. The molecule has 1 N–H and O–H groups in total. The first kappa shape index (κ1) is 21.0. The molecule has 6 nitrogen and oxygen atoms in total. The molecule has 5 rings (SSSR count). The van der Waals surface area contributed by atoms with Crippen LogP contribution in [0.15, 0.2) is 48.5 Å². The highest BCUT2D eigenvalue weighted by Gasteiger charge is 2.27. The van der Waals surface area contributed by atoms with E-state index in [1.165, 1.54) is 0 Å². The van der Waals surface area contributed by atoms with Gasteiger partial charge in [-0.3, -0.25) is 4.79 Å². The Hall–Kier alpha value is -2.83. The third kappa shape index (κ3) is 4.38. The second-order valence-electron chi connectivity index (χ2n) is 8.06. The number of fused-ring (bicyclic) bond motifs is 1. The number of nitrogens with one attached hydrogen (secondary N) is 1. The number of hydrogen-bond donors (Lipinski definition) is 1. The summed E-state index contributed by atoms with van der Waals surface area (Å²) in [5.74, 6) is 1.34. The van der Waals surface area contributed by atoms with Gasteiger partial charge in [0, 0.05) is 54.0 Å². The van der Waals surface area contributed by atoms with Crippen LogP contribution in [0.4, 0.5) is 23.1 Å². The maximum Gasteiger partial charge on any atom is 0.227 e. The lowest BCUT2D eigenvalue weighted by molar-refractivity contribution is 0.0972. The Balaban J connectivity index is 1.41. The number of carbonyl (C=O) groups is 1. The van der Waals surface area contributed by atoms with Gasteiger partial charge in [0.25, 0.3) is 0 Å². The van der Waals surface area contributed by atoms with Crippen LogP contribution in [0.25, 0.3) is 0 Å². The molecule has 1 aromatic heterocycles. The lowest BCUT2D eigenvalue weighted by Crippen LogP contribution is -2.47. The maximum absolute atomic E-state index is 12.7. The predicted molar refractivity (Wildman–Crippen MR) is 130 cm³/mol. The number of aryl methyl sites for hydroxylation is 1. The highest BCUT2D eigenvalue weighted by Crippen LogP contribution is 2.31. The van der Waals surface area contributed by atoms with Crippen molar-refractivity contribution in [3.63, 3.8) is 0 Å². The van der Waals surface area contributed by atoms with Crippen LogP contribution in [0.3, 0.4) is 0 Å². The third-order valence-electron chi connectivity index (χ3n) is 5.91. The van der Waals surface area contributed by atoms with Gasteiger partial charge in [0.05, 0.1) is 11.3 Å². The molecule has 0 radical (unpaired) electrons. The van der Waals surface area contributed by atoms with Crippen LogP contribution in [0.1, 0.15) is 28.9 Å². The Bertz CT molecular complexity index is 1140. The monoisotopic (exact) mass is 467 g/mol. The van der Waals surface area contributed by atoms with Crippen molar-refractivity contribution in [1.82, 2.24) is 9.97 Å². The lowest BCUT2D eigenvalue weighted by atomic mass is 9.95. The number of aromatic nitrogens is 2. The zero-order chi connectivity index (χ0) is 22.1. The fourth-order valence-electron chi connectivity index (χ4n) is 4.25. The van der Waals surface area contributed by atoms with E-state index in [9.17, 15) is 4.79 Å². The second kappa shape index (κ2) is 8.96. The molecule has 0 amide bonds. The van der Waals surface area contributed by atoms with E-state index in [1.54, 1.807) is 0 Å². The number of nitrogens with zero attached hydrogens (tertiary/aromatic N) is 4. The van der Waals surface area contributed by atoms with E-state index in [-0.39, 0.29) is 5.78 Å². The van der Waals surface area contributed by atoms with Gasteiger partial charge in [-0.05, 0) is 55.3 Å². The molecule has 0 saturated carbocycles. The van der Waals surface area contributed by atoms with Crippen molar-refractivity contribution in [1.29, 1.82) is 0 Å². The summed E-state index contributed by atoms with van der Waals surface area (Å²) in [6.45, 7) is 3.28. The molecule has 32 heavy (non-hydrogen) atoms. The fourth-order valence-corrected chi connectivity index (χ4v) is 4.56. The van der Waals surface area contributed by atoms with Crippen LogP contribution >= 0.6 is 23.2 Å². The average Bonchev–Trinajstić information content (AvgIpc) is 2.80. The zero-order valence-electron chi connectivity index (χ0n) is 17.5. The summed E-state index contributed by atoms with van der Waals surface area (Å²) in [7, 11) is 0.